The van der Waals surface area contributed by atoms with E-state index >= 15 is 0 Å². The van der Waals surface area contributed by atoms with Crippen LogP contribution in [0, 0.1) is 11.8 Å². The molecule has 4 heteroatoms. The Kier molecular flexibility index (Phi) is 8.68. The first kappa shape index (κ1) is 22.7. The lowest BCUT2D eigenvalue weighted by molar-refractivity contribution is -0.00907. The van der Waals surface area contributed by atoms with Crippen LogP contribution in [0.2, 0.25) is 5.02 Å². The largest absolute Gasteiger partial charge is 0.385 e. The molecule has 0 heterocycles. The molecule has 0 saturated heterocycles. The van der Waals surface area contributed by atoms with Crippen LogP contribution in [0.4, 0.5) is 0 Å². The van der Waals surface area contributed by atoms with Crippen molar-refractivity contribution < 1.29 is 5.11 Å². The van der Waals surface area contributed by atoms with Crippen molar-refractivity contribution in [3.05, 3.63) is 40.4 Å². The number of alkyl halides is 1. The van der Waals surface area contributed by atoms with Gasteiger partial charge in [0, 0.05) is 22.9 Å². The van der Waals surface area contributed by atoms with Gasteiger partial charge in [-0.1, -0.05) is 56.0 Å². The van der Waals surface area contributed by atoms with Crippen LogP contribution in [0.25, 0.3) is 6.08 Å². The summed E-state index contributed by atoms with van der Waals surface area (Å²) in [6.07, 6.45) is 8.76. The van der Waals surface area contributed by atoms with Crippen LogP contribution in [0.15, 0.2) is 29.8 Å². The highest BCUT2D eigenvalue weighted by molar-refractivity contribution is 6.30. The standard InChI is InChI=1S/C23H35Cl2NO/c1-5-6-7-8-22(25)20-14-11-18(16-26(3)4)23(2,27)21(20)15-17-9-12-19(24)13-10-17/h9-10,12-13,15,18,20,22,27H,5-8,11,14,16H2,1-4H3. The predicted molar refractivity (Wildman–Crippen MR) is 119 cm³/mol. The van der Waals surface area contributed by atoms with Gasteiger partial charge in [0.25, 0.3) is 0 Å². The summed E-state index contributed by atoms with van der Waals surface area (Å²) in [5.41, 5.74) is 1.30. The normalized spacial score (nSPS) is 28.7. The molecule has 27 heavy (non-hydrogen) atoms. The zero-order chi connectivity index (χ0) is 20.0. The van der Waals surface area contributed by atoms with Crippen molar-refractivity contribution in [3.8, 4) is 0 Å². The Balaban J connectivity index is 2.33. The molecule has 152 valence electrons. The van der Waals surface area contributed by atoms with Crippen LogP contribution in [-0.4, -0.2) is 41.6 Å². The molecule has 2 nitrogen and oxygen atoms in total. The molecule has 4 atom stereocenters. The second kappa shape index (κ2) is 10.3. The first-order valence-corrected chi connectivity index (χ1v) is 11.1. The summed E-state index contributed by atoms with van der Waals surface area (Å²) in [7, 11) is 4.14. The molecule has 1 fully saturated rings. The highest BCUT2D eigenvalue weighted by Crippen LogP contribution is 2.46. The number of hydrogen-bond donors (Lipinski definition) is 1. The summed E-state index contributed by atoms with van der Waals surface area (Å²) in [6.45, 7) is 5.07. The van der Waals surface area contributed by atoms with E-state index in [1.807, 2.05) is 31.2 Å². The average molecular weight is 412 g/mol. The van der Waals surface area contributed by atoms with Gasteiger partial charge in [-0.15, -0.1) is 11.6 Å². The molecular weight excluding hydrogens is 377 g/mol. The van der Waals surface area contributed by atoms with E-state index in [1.165, 1.54) is 12.8 Å². The van der Waals surface area contributed by atoms with Gasteiger partial charge in [-0.05, 0) is 69.5 Å². The van der Waals surface area contributed by atoms with Crippen LogP contribution in [0.3, 0.4) is 0 Å². The summed E-state index contributed by atoms with van der Waals surface area (Å²) in [5.74, 6) is 0.425. The molecule has 1 aromatic carbocycles. The summed E-state index contributed by atoms with van der Waals surface area (Å²) in [6, 6.07) is 7.82. The Bertz CT molecular complexity index is 609. The number of unbranched alkanes of at least 4 members (excludes halogenated alkanes) is 2. The SMILES string of the molecule is CCCCCC(Cl)C1CCC(CN(C)C)C(C)(O)C1=Cc1ccc(Cl)cc1. The summed E-state index contributed by atoms with van der Waals surface area (Å²) in [4.78, 5) is 2.17. The van der Waals surface area contributed by atoms with E-state index in [4.69, 9.17) is 23.2 Å². The number of nitrogens with zero attached hydrogens (tertiary/aromatic N) is 1. The predicted octanol–water partition coefficient (Wildman–Crippen LogP) is 6.25. The van der Waals surface area contributed by atoms with Crippen molar-refractivity contribution in [2.45, 2.75) is 63.4 Å². The van der Waals surface area contributed by atoms with Crippen molar-refractivity contribution in [3.63, 3.8) is 0 Å². The van der Waals surface area contributed by atoms with Crippen molar-refractivity contribution in [2.24, 2.45) is 11.8 Å². The maximum absolute atomic E-state index is 11.6. The van der Waals surface area contributed by atoms with Crippen LogP contribution in [0.1, 0.15) is 57.9 Å². The Morgan fingerprint density at radius 3 is 2.48 bits per heavy atom. The summed E-state index contributed by atoms with van der Waals surface area (Å²) >= 11 is 12.9. The van der Waals surface area contributed by atoms with Crippen molar-refractivity contribution in [2.75, 3.05) is 20.6 Å². The van der Waals surface area contributed by atoms with Crippen LogP contribution >= 0.6 is 23.2 Å². The molecule has 1 saturated carbocycles. The molecule has 4 unspecified atom stereocenters. The third-order valence-electron chi connectivity index (χ3n) is 5.90. The van der Waals surface area contributed by atoms with Gasteiger partial charge in [0.1, 0.15) is 0 Å². The van der Waals surface area contributed by atoms with Gasteiger partial charge in [-0.3, -0.25) is 0 Å². The average Bonchev–Trinajstić information content (AvgIpc) is 2.60. The highest BCUT2D eigenvalue weighted by atomic mass is 35.5. The van der Waals surface area contributed by atoms with Crippen LogP contribution in [-0.2, 0) is 0 Å². The maximum atomic E-state index is 11.6. The summed E-state index contributed by atoms with van der Waals surface area (Å²) in [5, 5.41) is 12.4. The van der Waals surface area contributed by atoms with Gasteiger partial charge in [-0.2, -0.15) is 0 Å². The van der Waals surface area contributed by atoms with E-state index in [9.17, 15) is 5.11 Å². The Morgan fingerprint density at radius 1 is 1.22 bits per heavy atom. The highest BCUT2D eigenvalue weighted by Gasteiger charge is 2.44. The van der Waals surface area contributed by atoms with E-state index in [1.54, 1.807) is 0 Å². The van der Waals surface area contributed by atoms with E-state index < -0.39 is 5.60 Å². The molecular formula is C23H35Cl2NO. The topological polar surface area (TPSA) is 23.5 Å². The second-order valence-corrected chi connectivity index (χ2v) is 9.45. The zero-order valence-corrected chi connectivity index (χ0v) is 18.7. The minimum atomic E-state index is -0.856. The minimum absolute atomic E-state index is 0.0712. The fraction of sp³-hybridized carbons (Fsp3) is 0.652. The number of halogens is 2. The van der Waals surface area contributed by atoms with Gasteiger partial charge >= 0.3 is 0 Å². The number of benzene rings is 1. The van der Waals surface area contributed by atoms with Gasteiger partial charge in [0.05, 0.1) is 5.60 Å². The van der Waals surface area contributed by atoms with E-state index in [2.05, 4.69) is 32.0 Å². The van der Waals surface area contributed by atoms with E-state index in [-0.39, 0.29) is 17.2 Å². The second-order valence-electron chi connectivity index (χ2n) is 8.45. The Morgan fingerprint density at radius 2 is 1.89 bits per heavy atom. The smallest absolute Gasteiger partial charge is 0.0875 e. The first-order chi connectivity index (χ1) is 12.8. The van der Waals surface area contributed by atoms with Crippen LogP contribution in [0.5, 0.6) is 0 Å². The Labute approximate surface area is 175 Å². The van der Waals surface area contributed by atoms with Crippen molar-refractivity contribution in [1.29, 1.82) is 0 Å². The third-order valence-corrected chi connectivity index (χ3v) is 6.68. The molecule has 1 aliphatic carbocycles. The number of rotatable bonds is 8. The van der Waals surface area contributed by atoms with Crippen molar-refractivity contribution >= 4 is 29.3 Å². The van der Waals surface area contributed by atoms with Crippen LogP contribution < -0.4 is 0 Å². The van der Waals surface area contributed by atoms with E-state index in [0.717, 1.165) is 48.4 Å². The molecule has 0 bridgehead atoms. The fourth-order valence-electron chi connectivity index (χ4n) is 4.30. The van der Waals surface area contributed by atoms with Gasteiger partial charge in [0.15, 0.2) is 0 Å². The quantitative estimate of drug-likeness (QED) is 0.403. The third kappa shape index (κ3) is 6.22. The molecule has 0 aliphatic heterocycles. The van der Waals surface area contributed by atoms with E-state index in [0.29, 0.717) is 0 Å². The fourth-order valence-corrected chi connectivity index (χ4v) is 4.84. The lowest BCUT2D eigenvalue weighted by Gasteiger charge is -2.46. The molecule has 0 radical (unpaired) electrons. The minimum Gasteiger partial charge on any atom is -0.385 e. The number of hydrogen-bond acceptors (Lipinski definition) is 2. The molecule has 1 aliphatic rings. The van der Waals surface area contributed by atoms with Gasteiger partial charge in [-0.25, -0.2) is 0 Å². The van der Waals surface area contributed by atoms with Gasteiger partial charge < -0.3 is 10.0 Å². The van der Waals surface area contributed by atoms with Gasteiger partial charge in [0.2, 0.25) is 0 Å². The monoisotopic (exact) mass is 411 g/mol. The zero-order valence-electron chi connectivity index (χ0n) is 17.2. The first-order valence-electron chi connectivity index (χ1n) is 10.2. The molecule has 1 aromatic rings. The molecule has 1 N–H and O–H groups in total. The molecule has 0 amide bonds. The maximum Gasteiger partial charge on any atom is 0.0875 e. The lowest BCUT2D eigenvalue weighted by Crippen LogP contribution is -2.48. The lowest BCUT2D eigenvalue weighted by atomic mass is 9.66. The number of aliphatic hydroxyl groups is 1. The van der Waals surface area contributed by atoms with Crippen molar-refractivity contribution in [1.82, 2.24) is 4.90 Å². The molecule has 0 aromatic heterocycles. The molecule has 0 spiro atoms. The molecule has 2 rings (SSSR count). The Hall–Kier alpha value is -0.540. The summed E-state index contributed by atoms with van der Waals surface area (Å²) < 4.78 is 0.